The van der Waals surface area contributed by atoms with Gasteiger partial charge in [-0.25, -0.2) is 0 Å². The van der Waals surface area contributed by atoms with Gasteiger partial charge in [0.2, 0.25) is 5.91 Å². The molecule has 19 heavy (non-hydrogen) atoms. The molecule has 0 bridgehead atoms. The van der Waals surface area contributed by atoms with Crippen molar-refractivity contribution in [3.63, 3.8) is 0 Å². The van der Waals surface area contributed by atoms with E-state index in [1.165, 1.54) is 6.08 Å². The third kappa shape index (κ3) is 3.70. The average Bonchev–Trinajstić information content (AvgIpc) is 2.81. The molecule has 0 saturated carbocycles. The number of aryl methyl sites for hydroxylation is 1. The number of benzene rings is 1. The predicted molar refractivity (Wildman–Crippen MR) is 74.9 cm³/mol. The van der Waals surface area contributed by atoms with Gasteiger partial charge < -0.3 is 11.1 Å². The first-order chi connectivity index (χ1) is 9.15. The van der Waals surface area contributed by atoms with Gasteiger partial charge in [0.05, 0.1) is 12.2 Å². The fraction of sp³-hybridized carbons (Fsp3) is 0.143. The summed E-state index contributed by atoms with van der Waals surface area (Å²) in [6.45, 7) is 0.460. The lowest BCUT2D eigenvalue weighted by Gasteiger charge is -2.02. The van der Waals surface area contributed by atoms with Crippen molar-refractivity contribution in [1.29, 1.82) is 0 Å². The van der Waals surface area contributed by atoms with Crippen LogP contribution in [-0.2, 0) is 18.4 Å². The maximum atomic E-state index is 11.6. The van der Waals surface area contributed by atoms with Crippen LogP contribution >= 0.6 is 0 Å². The van der Waals surface area contributed by atoms with Crippen LogP contribution in [-0.4, -0.2) is 15.7 Å². The molecule has 98 valence electrons. The quantitative estimate of drug-likeness (QED) is 0.640. The first-order valence-corrected chi connectivity index (χ1v) is 5.93. The Labute approximate surface area is 111 Å². The van der Waals surface area contributed by atoms with Crippen LogP contribution in [0.4, 0.5) is 5.69 Å². The Kier molecular flexibility index (Phi) is 3.97. The molecule has 0 aliphatic heterocycles. The molecule has 1 heterocycles. The summed E-state index contributed by atoms with van der Waals surface area (Å²) in [6, 6.07) is 9.19. The van der Waals surface area contributed by atoms with E-state index in [4.69, 9.17) is 5.73 Å². The molecule has 0 atom stereocenters. The molecule has 1 aromatic carbocycles. The van der Waals surface area contributed by atoms with Gasteiger partial charge in [-0.2, -0.15) is 5.10 Å². The molecule has 2 aromatic rings. The van der Waals surface area contributed by atoms with Gasteiger partial charge >= 0.3 is 0 Å². The summed E-state index contributed by atoms with van der Waals surface area (Å²) in [5, 5.41) is 6.83. The lowest BCUT2D eigenvalue weighted by Crippen LogP contribution is -2.21. The van der Waals surface area contributed by atoms with E-state index in [0.29, 0.717) is 12.2 Å². The van der Waals surface area contributed by atoms with Crippen LogP contribution in [0.5, 0.6) is 0 Å². The van der Waals surface area contributed by atoms with E-state index in [-0.39, 0.29) is 5.91 Å². The highest BCUT2D eigenvalue weighted by Crippen LogP contribution is 2.06. The highest BCUT2D eigenvalue weighted by Gasteiger charge is 2.00. The third-order valence-electron chi connectivity index (χ3n) is 2.73. The first-order valence-electron chi connectivity index (χ1n) is 5.93. The van der Waals surface area contributed by atoms with Crippen LogP contribution in [0.25, 0.3) is 6.08 Å². The van der Waals surface area contributed by atoms with E-state index >= 15 is 0 Å². The fourth-order valence-electron chi connectivity index (χ4n) is 1.59. The normalized spacial score (nSPS) is 10.8. The van der Waals surface area contributed by atoms with Crippen LogP contribution in [0.2, 0.25) is 0 Å². The molecular formula is C14H16N4O. The van der Waals surface area contributed by atoms with Crippen LogP contribution in [0.3, 0.4) is 0 Å². The second-order valence-electron chi connectivity index (χ2n) is 4.16. The van der Waals surface area contributed by atoms with Crippen LogP contribution < -0.4 is 11.1 Å². The first kappa shape index (κ1) is 12.9. The van der Waals surface area contributed by atoms with E-state index in [2.05, 4.69) is 10.4 Å². The molecule has 0 aliphatic carbocycles. The van der Waals surface area contributed by atoms with Gasteiger partial charge in [0.1, 0.15) is 0 Å². The summed E-state index contributed by atoms with van der Waals surface area (Å²) >= 11 is 0. The van der Waals surface area contributed by atoms with Gasteiger partial charge in [0, 0.05) is 25.0 Å². The molecule has 5 heteroatoms. The second kappa shape index (κ2) is 5.86. The molecule has 0 radical (unpaired) electrons. The topological polar surface area (TPSA) is 72.9 Å². The zero-order valence-corrected chi connectivity index (χ0v) is 10.7. The molecule has 0 spiro atoms. The lowest BCUT2D eigenvalue weighted by atomic mass is 10.2. The van der Waals surface area contributed by atoms with Gasteiger partial charge in [0.15, 0.2) is 0 Å². The van der Waals surface area contributed by atoms with E-state index in [9.17, 15) is 4.79 Å². The Bertz CT molecular complexity index is 584. The molecule has 2 rings (SSSR count). The highest BCUT2D eigenvalue weighted by atomic mass is 16.1. The average molecular weight is 256 g/mol. The molecule has 0 fully saturated rings. The second-order valence-corrected chi connectivity index (χ2v) is 4.16. The lowest BCUT2D eigenvalue weighted by molar-refractivity contribution is -0.116. The van der Waals surface area contributed by atoms with Crippen LogP contribution in [0.1, 0.15) is 11.3 Å². The fourth-order valence-corrected chi connectivity index (χ4v) is 1.59. The Morgan fingerprint density at radius 2 is 2.11 bits per heavy atom. The molecule has 0 unspecified atom stereocenters. The minimum atomic E-state index is -0.141. The van der Waals surface area contributed by atoms with E-state index in [0.717, 1.165) is 11.3 Å². The smallest absolute Gasteiger partial charge is 0.244 e. The zero-order chi connectivity index (χ0) is 13.7. The monoisotopic (exact) mass is 256 g/mol. The Balaban J connectivity index is 1.87. The summed E-state index contributed by atoms with van der Waals surface area (Å²) in [5.74, 6) is -0.141. The summed E-state index contributed by atoms with van der Waals surface area (Å²) in [7, 11) is 1.84. The number of hydrogen-bond donors (Lipinski definition) is 2. The largest absolute Gasteiger partial charge is 0.399 e. The predicted octanol–water partition coefficient (Wildman–Crippen LogP) is 1.33. The number of carbonyl (C=O) groups is 1. The molecule has 1 amide bonds. The number of anilines is 1. The molecular weight excluding hydrogens is 240 g/mol. The Morgan fingerprint density at radius 1 is 1.37 bits per heavy atom. The van der Waals surface area contributed by atoms with E-state index < -0.39 is 0 Å². The van der Waals surface area contributed by atoms with Gasteiger partial charge in [-0.15, -0.1) is 0 Å². The number of nitrogen functional groups attached to an aromatic ring is 1. The number of carbonyl (C=O) groups excluding carboxylic acids is 1. The number of amides is 1. The number of aromatic nitrogens is 2. The number of nitrogens with two attached hydrogens (primary N) is 1. The molecule has 5 nitrogen and oxygen atoms in total. The summed E-state index contributed by atoms with van der Waals surface area (Å²) in [4.78, 5) is 11.6. The van der Waals surface area contributed by atoms with Crippen molar-refractivity contribution in [2.24, 2.45) is 7.05 Å². The summed E-state index contributed by atoms with van der Waals surface area (Å²) < 4.78 is 1.73. The van der Waals surface area contributed by atoms with Crippen molar-refractivity contribution in [1.82, 2.24) is 15.1 Å². The number of rotatable bonds is 4. The maximum Gasteiger partial charge on any atom is 0.244 e. The number of nitrogens with one attached hydrogen (secondary N) is 1. The summed E-state index contributed by atoms with van der Waals surface area (Å²) in [5.41, 5.74) is 8.18. The molecule has 1 aromatic heterocycles. The van der Waals surface area contributed by atoms with Gasteiger partial charge in [-0.3, -0.25) is 9.48 Å². The molecule has 0 aliphatic rings. The van der Waals surface area contributed by atoms with Crippen LogP contribution in [0.15, 0.2) is 42.6 Å². The highest BCUT2D eigenvalue weighted by molar-refractivity contribution is 5.91. The molecule has 0 saturated heterocycles. The SMILES string of the molecule is Cn1nccc1CNC(=O)/C=C/c1ccc(N)cc1. The van der Waals surface area contributed by atoms with Crippen molar-refractivity contribution in [2.45, 2.75) is 6.54 Å². The van der Waals surface area contributed by atoms with E-state index in [1.807, 2.05) is 25.2 Å². The minimum Gasteiger partial charge on any atom is -0.399 e. The Morgan fingerprint density at radius 3 is 2.74 bits per heavy atom. The van der Waals surface area contributed by atoms with Crippen molar-refractivity contribution < 1.29 is 4.79 Å². The number of hydrogen-bond acceptors (Lipinski definition) is 3. The van der Waals surface area contributed by atoms with Crippen molar-refractivity contribution in [3.8, 4) is 0 Å². The number of nitrogens with zero attached hydrogens (tertiary/aromatic N) is 2. The van der Waals surface area contributed by atoms with Gasteiger partial charge in [-0.05, 0) is 29.8 Å². The molecule has 3 N–H and O–H groups in total. The maximum absolute atomic E-state index is 11.6. The Hall–Kier alpha value is -2.56. The summed E-state index contributed by atoms with van der Waals surface area (Å²) in [6.07, 6.45) is 4.95. The van der Waals surface area contributed by atoms with Crippen molar-refractivity contribution in [3.05, 3.63) is 53.9 Å². The standard InChI is InChI=1S/C14H16N4O/c1-18-13(8-9-17-18)10-16-14(19)7-4-11-2-5-12(15)6-3-11/h2-9H,10,15H2,1H3,(H,16,19)/b7-4+. The van der Waals surface area contributed by atoms with E-state index in [1.54, 1.807) is 29.1 Å². The van der Waals surface area contributed by atoms with Gasteiger partial charge in [0.25, 0.3) is 0 Å². The van der Waals surface area contributed by atoms with Crippen molar-refractivity contribution >= 4 is 17.7 Å². The third-order valence-corrected chi connectivity index (χ3v) is 2.73. The van der Waals surface area contributed by atoms with Gasteiger partial charge in [-0.1, -0.05) is 12.1 Å². The van der Waals surface area contributed by atoms with Crippen LogP contribution in [0, 0.1) is 0 Å². The zero-order valence-electron chi connectivity index (χ0n) is 10.7. The minimum absolute atomic E-state index is 0.141. The van der Waals surface area contributed by atoms with Crippen molar-refractivity contribution in [2.75, 3.05) is 5.73 Å².